The van der Waals surface area contributed by atoms with Crippen molar-refractivity contribution in [1.82, 2.24) is 15.0 Å². The summed E-state index contributed by atoms with van der Waals surface area (Å²) in [7, 11) is 0. The van der Waals surface area contributed by atoms with Gasteiger partial charge in [-0.3, -0.25) is 10.1 Å². The third kappa shape index (κ3) is 3.14. The number of hydrogen-bond donors (Lipinski definition) is 2. The molecule has 0 saturated heterocycles. The first-order valence-electron chi connectivity index (χ1n) is 5.19. The number of rotatable bonds is 4. The van der Waals surface area contributed by atoms with Gasteiger partial charge in [0.05, 0.1) is 4.92 Å². The van der Waals surface area contributed by atoms with Crippen LogP contribution in [0.1, 0.15) is 5.69 Å². The van der Waals surface area contributed by atoms with Gasteiger partial charge in [0.15, 0.2) is 10.2 Å². The van der Waals surface area contributed by atoms with Crippen molar-refractivity contribution in [2.75, 3.05) is 5.43 Å². The van der Waals surface area contributed by atoms with Crippen molar-refractivity contribution in [2.45, 2.75) is 17.1 Å². The average Bonchev–Trinajstić information content (AvgIpc) is 2.38. The lowest BCUT2D eigenvalue weighted by Crippen LogP contribution is -2.09. The van der Waals surface area contributed by atoms with Crippen LogP contribution >= 0.6 is 11.8 Å². The predicted molar refractivity (Wildman–Crippen MR) is 69.6 cm³/mol. The van der Waals surface area contributed by atoms with Gasteiger partial charge in [-0.25, -0.2) is 20.8 Å². The SMILES string of the molecule is Cc1ccnc(Sc2nc(NN)ccc2[N+](=O)[O-])n1. The Morgan fingerprint density at radius 2 is 2.16 bits per heavy atom. The Bertz CT molecular complexity index is 621. The Morgan fingerprint density at radius 1 is 1.37 bits per heavy atom. The molecule has 2 aromatic rings. The van der Waals surface area contributed by atoms with Crippen LogP contribution < -0.4 is 11.3 Å². The number of nitrogens with zero attached hydrogens (tertiary/aromatic N) is 4. The van der Waals surface area contributed by atoms with Gasteiger partial charge in [-0.2, -0.15) is 0 Å². The molecule has 0 atom stereocenters. The molecule has 0 spiro atoms. The molecule has 98 valence electrons. The maximum atomic E-state index is 10.9. The molecule has 0 fully saturated rings. The molecule has 19 heavy (non-hydrogen) atoms. The van der Waals surface area contributed by atoms with E-state index in [1.807, 2.05) is 6.92 Å². The van der Waals surface area contributed by atoms with Gasteiger partial charge in [0.25, 0.3) is 0 Å². The maximum absolute atomic E-state index is 10.9. The molecule has 8 nitrogen and oxygen atoms in total. The number of aryl methyl sites for hydroxylation is 1. The Labute approximate surface area is 112 Å². The van der Waals surface area contributed by atoms with Crippen molar-refractivity contribution in [1.29, 1.82) is 0 Å². The van der Waals surface area contributed by atoms with Crippen molar-refractivity contribution < 1.29 is 4.92 Å². The number of hydrogen-bond acceptors (Lipinski definition) is 8. The molecule has 0 amide bonds. The van der Waals surface area contributed by atoms with Crippen LogP contribution in [0, 0.1) is 17.0 Å². The van der Waals surface area contributed by atoms with E-state index in [0.717, 1.165) is 17.5 Å². The van der Waals surface area contributed by atoms with Crippen LogP contribution in [0.4, 0.5) is 11.5 Å². The molecule has 2 heterocycles. The van der Waals surface area contributed by atoms with E-state index < -0.39 is 4.92 Å². The molecule has 2 aromatic heterocycles. The van der Waals surface area contributed by atoms with E-state index in [2.05, 4.69) is 20.4 Å². The summed E-state index contributed by atoms with van der Waals surface area (Å²) < 4.78 is 0. The highest BCUT2D eigenvalue weighted by Crippen LogP contribution is 2.32. The van der Waals surface area contributed by atoms with Gasteiger partial charge in [-0.15, -0.1) is 0 Å². The Balaban J connectivity index is 2.39. The van der Waals surface area contributed by atoms with Crippen molar-refractivity contribution in [3.05, 3.63) is 40.2 Å². The summed E-state index contributed by atoms with van der Waals surface area (Å²) in [4.78, 5) is 22.7. The predicted octanol–water partition coefficient (Wildman–Crippen LogP) is 1.53. The van der Waals surface area contributed by atoms with Crippen molar-refractivity contribution in [2.24, 2.45) is 5.84 Å². The highest BCUT2D eigenvalue weighted by atomic mass is 32.2. The zero-order valence-corrected chi connectivity index (χ0v) is 10.7. The summed E-state index contributed by atoms with van der Waals surface area (Å²) >= 11 is 1.02. The number of pyridine rings is 1. The van der Waals surface area contributed by atoms with Crippen LogP contribution in [0.3, 0.4) is 0 Å². The van der Waals surface area contributed by atoms with Crippen LogP contribution in [-0.4, -0.2) is 19.9 Å². The molecule has 0 radical (unpaired) electrons. The molecule has 0 aliphatic rings. The van der Waals surface area contributed by atoms with Gasteiger partial charge in [0, 0.05) is 18.0 Å². The van der Waals surface area contributed by atoms with Crippen molar-refractivity contribution in [3.63, 3.8) is 0 Å². The molecule has 0 unspecified atom stereocenters. The summed E-state index contributed by atoms with van der Waals surface area (Å²) in [5, 5.41) is 11.5. The molecular weight excluding hydrogens is 268 g/mol. The monoisotopic (exact) mass is 278 g/mol. The topological polar surface area (TPSA) is 120 Å². The second kappa shape index (κ2) is 5.59. The fraction of sp³-hybridized carbons (Fsp3) is 0.100. The van der Waals surface area contributed by atoms with Gasteiger partial charge < -0.3 is 5.43 Å². The largest absolute Gasteiger partial charge is 0.308 e. The number of nitrogen functional groups attached to an aromatic ring is 1. The van der Waals surface area contributed by atoms with E-state index in [0.29, 0.717) is 11.0 Å². The fourth-order valence-electron chi connectivity index (χ4n) is 1.29. The number of aromatic nitrogens is 3. The number of nitro groups is 1. The number of anilines is 1. The molecule has 0 saturated carbocycles. The Morgan fingerprint density at radius 3 is 2.79 bits per heavy atom. The minimum atomic E-state index is -0.509. The highest BCUT2D eigenvalue weighted by Gasteiger charge is 2.18. The molecule has 3 N–H and O–H groups in total. The summed E-state index contributed by atoms with van der Waals surface area (Å²) in [6.45, 7) is 1.81. The van der Waals surface area contributed by atoms with E-state index in [9.17, 15) is 10.1 Å². The lowest BCUT2D eigenvalue weighted by atomic mass is 10.4. The third-order valence-corrected chi connectivity index (χ3v) is 3.02. The van der Waals surface area contributed by atoms with E-state index >= 15 is 0 Å². The van der Waals surface area contributed by atoms with Gasteiger partial charge in [0.2, 0.25) is 0 Å². The average molecular weight is 278 g/mol. The highest BCUT2D eigenvalue weighted by molar-refractivity contribution is 7.99. The number of hydrazine groups is 1. The van der Waals surface area contributed by atoms with E-state index in [-0.39, 0.29) is 10.7 Å². The van der Waals surface area contributed by atoms with Crippen LogP contribution in [0.2, 0.25) is 0 Å². The number of nitrogens with one attached hydrogen (secondary N) is 1. The smallest absolute Gasteiger partial charge is 0.301 e. The van der Waals surface area contributed by atoms with Crippen LogP contribution in [0.15, 0.2) is 34.6 Å². The molecule has 0 aliphatic carbocycles. The summed E-state index contributed by atoms with van der Waals surface area (Å²) in [6, 6.07) is 4.50. The van der Waals surface area contributed by atoms with Crippen LogP contribution in [-0.2, 0) is 0 Å². The van der Waals surface area contributed by atoms with Crippen molar-refractivity contribution >= 4 is 23.3 Å². The van der Waals surface area contributed by atoms with Crippen molar-refractivity contribution in [3.8, 4) is 0 Å². The normalized spacial score (nSPS) is 10.2. The second-order valence-corrected chi connectivity index (χ2v) is 4.46. The molecule has 0 bridgehead atoms. The first-order valence-corrected chi connectivity index (χ1v) is 6.01. The van der Waals surface area contributed by atoms with Crippen LogP contribution in [0.25, 0.3) is 0 Å². The Kier molecular flexibility index (Phi) is 3.88. The quantitative estimate of drug-likeness (QED) is 0.374. The molecule has 9 heteroatoms. The van der Waals surface area contributed by atoms with Gasteiger partial charge in [0.1, 0.15) is 5.82 Å². The van der Waals surface area contributed by atoms with Gasteiger partial charge >= 0.3 is 5.69 Å². The summed E-state index contributed by atoms with van der Waals surface area (Å²) in [6.07, 6.45) is 1.58. The zero-order chi connectivity index (χ0) is 13.8. The minimum Gasteiger partial charge on any atom is -0.308 e. The van der Waals surface area contributed by atoms with E-state index in [1.165, 1.54) is 12.1 Å². The summed E-state index contributed by atoms with van der Waals surface area (Å²) in [5.74, 6) is 5.57. The standard InChI is InChI=1S/C10H10N6O2S/c1-6-4-5-12-10(13-6)19-9-7(16(17)18)2-3-8(14-9)15-11/h2-5H,11H2,1H3,(H,14,15). The van der Waals surface area contributed by atoms with E-state index in [4.69, 9.17) is 5.84 Å². The first-order chi connectivity index (χ1) is 9.10. The van der Waals surface area contributed by atoms with E-state index in [1.54, 1.807) is 12.3 Å². The lowest BCUT2D eigenvalue weighted by Gasteiger charge is -2.04. The fourth-order valence-corrected chi connectivity index (χ4v) is 2.16. The molecule has 2 rings (SSSR count). The number of nitrogens with two attached hydrogens (primary N) is 1. The maximum Gasteiger partial charge on any atom is 0.301 e. The molecule has 0 aliphatic heterocycles. The molecular formula is C10H10N6O2S. The van der Waals surface area contributed by atoms with Gasteiger partial charge in [-0.1, -0.05) is 0 Å². The molecule has 0 aromatic carbocycles. The minimum absolute atomic E-state index is 0.117. The zero-order valence-electron chi connectivity index (χ0n) is 9.90. The van der Waals surface area contributed by atoms with Gasteiger partial charge in [-0.05, 0) is 30.8 Å². The first kappa shape index (κ1) is 13.2. The second-order valence-electron chi connectivity index (χ2n) is 3.50. The third-order valence-electron chi connectivity index (χ3n) is 2.15. The van der Waals surface area contributed by atoms with Crippen LogP contribution in [0.5, 0.6) is 0 Å². The Hall–Kier alpha value is -2.26. The lowest BCUT2D eigenvalue weighted by molar-refractivity contribution is -0.388. The summed E-state index contributed by atoms with van der Waals surface area (Å²) in [5.41, 5.74) is 3.00.